The maximum atomic E-state index is 12.9. The Morgan fingerprint density at radius 3 is 2.78 bits per heavy atom. The summed E-state index contributed by atoms with van der Waals surface area (Å²) in [5, 5.41) is 8.03. The van der Waals surface area contributed by atoms with Crippen LogP contribution >= 0.6 is 11.3 Å². The second-order valence-electron chi connectivity index (χ2n) is 6.53. The number of aromatic nitrogens is 1. The summed E-state index contributed by atoms with van der Waals surface area (Å²) in [7, 11) is 1.56. The van der Waals surface area contributed by atoms with Crippen LogP contribution in [-0.4, -0.2) is 37.7 Å². The zero-order chi connectivity index (χ0) is 19.5. The summed E-state index contributed by atoms with van der Waals surface area (Å²) in [5.74, 6) is -0.171. The van der Waals surface area contributed by atoms with Crippen molar-refractivity contribution in [3.05, 3.63) is 35.2 Å². The normalized spacial score (nSPS) is 16.9. The molecule has 3 rings (SSSR count). The molecular formula is C18H20F3N3O2S. The van der Waals surface area contributed by atoms with Crippen molar-refractivity contribution in [1.82, 2.24) is 10.3 Å². The van der Waals surface area contributed by atoms with Gasteiger partial charge in [0.05, 0.1) is 23.3 Å². The summed E-state index contributed by atoms with van der Waals surface area (Å²) in [5.41, 5.74) is -0.600. The molecule has 1 saturated heterocycles. The molecule has 9 heteroatoms. The van der Waals surface area contributed by atoms with E-state index in [2.05, 4.69) is 15.6 Å². The van der Waals surface area contributed by atoms with E-state index >= 15 is 0 Å². The first-order valence-corrected chi connectivity index (χ1v) is 9.36. The Balaban J connectivity index is 1.77. The van der Waals surface area contributed by atoms with Crippen molar-refractivity contribution in [2.24, 2.45) is 5.41 Å². The number of nitrogens with one attached hydrogen (secondary N) is 2. The lowest BCUT2D eigenvalue weighted by Crippen LogP contribution is -2.47. The number of hydrogen-bond donors (Lipinski definition) is 2. The van der Waals surface area contributed by atoms with Gasteiger partial charge in [-0.05, 0) is 38.1 Å². The quantitative estimate of drug-likeness (QED) is 0.803. The number of anilines is 1. The van der Waals surface area contributed by atoms with Crippen molar-refractivity contribution in [3.8, 4) is 11.3 Å². The molecule has 1 aromatic carbocycles. The van der Waals surface area contributed by atoms with Crippen LogP contribution in [0.5, 0.6) is 0 Å². The second kappa shape index (κ2) is 7.95. The lowest BCUT2D eigenvalue weighted by Gasteiger charge is -2.35. The van der Waals surface area contributed by atoms with Gasteiger partial charge in [0.2, 0.25) is 5.91 Å². The Kier molecular flexibility index (Phi) is 5.83. The van der Waals surface area contributed by atoms with E-state index < -0.39 is 17.2 Å². The Labute approximate surface area is 158 Å². The Bertz CT molecular complexity index is 796. The number of methoxy groups -OCH3 is 1. The van der Waals surface area contributed by atoms with Gasteiger partial charge in [-0.15, -0.1) is 11.3 Å². The van der Waals surface area contributed by atoms with Gasteiger partial charge in [-0.25, -0.2) is 4.98 Å². The van der Waals surface area contributed by atoms with Gasteiger partial charge in [0, 0.05) is 18.1 Å². The summed E-state index contributed by atoms with van der Waals surface area (Å²) in [6, 6.07) is 4.98. The summed E-state index contributed by atoms with van der Waals surface area (Å²) in [4.78, 5) is 17.1. The SMILES string of the molecule is COCC1(C(=O)Nc2nc(-c3cccc(C(F)(F)F)c3)cs2)CCNCC1. The number of piperidine rings is 1. The van der Waals surface area contributed by atoms with Crippen molar-refractivity contribution in [2.45, 2.75) is 19.0 Å². The summed E-state index contributed by atoms with van der Waals surface area (Å²) < 4.78 is 43.9. The third-order valence-electron chi connectivity index (χ3n) is 4.67. The Hall–Kier alpha value is -1.97. The number of ether oxygens (including phenoxy) is 1. The van der Waals surface area contributed by atoms with E-state index in [1.54, 1.807) is 18.6 Å². The van der Waals surface area contributed by atoms with Gasteiger partial charge in [0.1, 0.15) is 0 Å². The van der Waals surface area contributed by atoms with Gasteiger partial charge in [-0.3, -0.25) is 4.79 Å². The van der Waals surface area contributed by atoms with Crippen LogP contribution in [0.15, 0.2) is 29.6 Å². The third kappa shape index (κ3) is 4.48. The number of carbonyl (C=O) groups is 1. The smallest absolute Gasteiger partial charge is 0.384 e. The molecule has 5 nitrogen and oxygen atoms in total. The first kappa shape index (κ1) is 19.8. The minimum atomic E-state index is -4.41. The van der Waals surface area contributed by atoms with Crippen molar-refractivity contribution in [2.75, 3.05) is 32.1 Å². The van der Waals surface area contributed by atoms with Crippen LogP contribution in [0.3, 0.4) is 0 Å². The molecule has 0 atom stereocenters. The number of halogens is 3. The van der Waals surface area contributed by atoms with Gasteiger partial charge < -0.3 is 15.4 Å². The van der Waals surface area contributed by atoms with Crippen LogP contribution in [0.25, 0.3) is 11.3 Å². The highest BCUT2D eigenvalue weighted by Gasteiger charge is 2.40. The maximum absolute atomic E-state index is 12.9. The third-order valence-corrected chi connectivity index (χ3v) is 5.43. The molecule has 1 aromatic heterocycles. The van der Waals surface area contributed by atoms with Crippen molar-refractivity contribution in [1.29, 1.82) is 0 Å². The number of thiazole rings is 1. The molecule has 146 valence electrons. The van der Waals surface area contributed by atoms with E-state index in [1.165, 1.54) is 17.4 Å². The summed E-state index contributed by atoms with van der Waals surface area (Å²) >= 11 is 1.19. The fraction of sp³-hybridized carbons (Fsp3) is 0.444. The van der Waals surface area contributed by atoms with E-state index in [4.69, 9.17) is 4.74 Å². The zero-order valence-corrected chi connectivity index (χ0v) is 15.5. The second-order valence-corrected chi connectivity index (χ2v) is 7.39. The molecule has 0 unspecified atom stereocenters. The Morgan fingerprint density at radius 1 is 1.37 bits per heavy atom. The first-order valence-electron chi connectivity index (χ1n) is 8.48. The lowest BCUT2D eigenvalue weighted by atomic mass is 9.79. The van der Waals surface area contributed by atoms with Crippen LogP contribution in [0.1, 0.15) is 18.4 Å². The molecule has 1 aliphatic heterocycles. The fourth-order valence-corrected chi connectivity index (χ4v) is 3.88. The predicted molar refractivity (Wildman–Crippen MR) is 97.6 cm³/mol. The van der Waals surface area contributed by atoms with E-state index in [9.17, 15) is 18.0 Å². The highest BCUT2D eigenvalue weighted by Crippen LogP contribution is 2.34. The minimum Gasteiger partial charge on any atom is -0.384 e. The van der Waals surface area contributed by atoms with Crippen molar-refractivity contribution >= 4 is 22.4 Å². The monoisotopic (exact) mass is 399 g/mol. The molecule has 27 heavy (non-hydrogen) atoms. The predicted octanol–water partition coefficient (Wildman–Crippen LogP) is 3.78. The van der Waals surface area contributed by atoms with Crippen LogP contribution in [0.4, 0.5) is 18.3 Å². The molecule has 1 fully saturated rings. The molecule has 0 spiro atoms. The summed E-state index contributed by atoms with van der Waals surface area (Å²) in [6.07, 6.45) is -3.11. The average molecular weight is 399 g/mol. The molecule has 1 aliphatic rings. The number of rotatable bonds is 5. The van der Waals surface area contributed by atoms with Crippen LogP contribution < -0.4 is 10.6 Å². The maximum Gasteiger partial charge on any atom is 0.416 e. The zero-order valence-electron chi connectivity index (χ0n) is 14.7. The van der Waals surface area contributed by atoms with Crippen LogP contribution in [0, 0.1) is 5.41 Å². The average Bonchev–Trinajstić information content (AvgIpc) is 3.11. The van der Waals surface area contributed by atoms with Gasteiger partial charge in [0.15, 0.2) is 5.13 Å². The molecule has 0 bridgehead atoms. The molecule has 2 heterocycles. The molecule has 2 aromatic rings. The molecular weight excluding hydrogens is 379 g/mol. The van der Waals surface area contributed by atoms with Crippen LogP contribution in [0.2, 0.25) is 0 Å². The van der Waals surface area contributed by atoms with Crippen LogP contribution in [-0.2, 0) is 15.7 Å². The molecule has 0 aliphatic carbocycles. The first-order chi connectivity index (χ1) is 12.8. The van der Waals surface area contributed by atoms with Crippen molar-refractivity contribution in [3.63, 3.8) is 0 Å². The lowest BCUT2D eigenvalue weighted by molar-refractivity contribution is -0.137. The standard InChI is InChI=1S/C18H20F3N3O2S/c1-26-11-17(5-7-22-8-6-17)15(25)24-16-23-14(10-27-16)12-3-2-4-13(9-12)18(19,20)21/h2-4,9-10,22H,5-8,11H2,1H3,(H,23,24,25). The topological polar surface area (TPSA) is 63.2 Å². The van der Waals surface area contributed by atoms with Gasteiger partial charge >= 0.3 is 6.18 Å². The number of alkyl halides is 3. The van der Waals surface area contributed by atoms with E-state index in [-0.39, 0.29) is 5.91 Å². The molecule has 0 saturated carbocycles. The summed E-state index contributed by atoms with van der Waals surface area (Å²) in [6.45, 7) is 1.76. The number of hydrogen-bond acceptors (Lipinski definition) is 5. The fourth-order valence-electron chi connectivity index (χ4n) is 3.17. The number of amides is 1. The highest BCUT2D eigenvalue weighted by molar-refractivity contribution is 7.14. The van der Waals surface area contributed by atoms with E-state index in [0.717, 1.165) is 25.2 Å². The highest BCUT2D eigenvalue weighted by atomic mass is 32.1. The Morgan fingerprint density at radius 2 is 2.11 bits per heavy atom. The number of benzene rings is 1. The largest absolute Gasteiger partial charge is 0.416 e. The number of carbonyl (C=O) groups excluding carboxylic acids is 1. The van der Waals surface area contributed by atoms with Gasteiger partial charge in [0.25, 0.3) is 0 Å². The molecule has 0 radical (unpaired) electrons. The van der Waals surface area contributed by atoms with E-state index in [0.29, 0.717) is 35.8 Å². The van der Waals surface area contributed by atoms with Gasteiger partial charge in [-0.2, -0.15) is 13.2 Å². The van der Waals surface area contributed by atoms with Crippen molar-refractivity contribution < 1.29 is 22.7 Å². The molecule has 1 amide bonds. The molecule has 2 N–H and O–H groups in total. The van der Waals surface area contributed by atoms with E-state index in [1.807, 2.05) is 0 Å². The van der Waals surface area contributed by atoms with Gasteiger partial charge in [-0.1, -0.05) is 12.1 Å². The minimum absolute atomic E-state index is 0.171. The number of nitrogens with zero attached hydrogens (tertiary/aromatic N) is 1.